The van der Waals surface area contributed by atoms with Crippen LogP contribution >= 0.6 is 11.8 Å². The zero-order chi connectivity index (χ0) is 11.8. The first-order valence-electron chi connectivity index (χ1n) is 5.15. The summed E-state index contributed by atoms with van der Waals surface area (Å²) in [6.07, 6.45) is 2.58. The maximum atomic E-state index is 11.3. The smallest absolute Gasteiger partial charge is 0.221 e. The predicted molar refractivity (Wildman–Crippen MR) is 67.8 cm³/mol. The summed E-state index contributed by atoms with van der Waals surface area (Å²) in [7, 11) is 1.64. The first kappa shape index (κ1) is 12.9. The van der Waals surface area contributed by atoms with Crippen molar-refractivity contribution >= 4 is 17.7 Å². The van der Waals surface area contributed by atoms with Crippen molar-refractivity contribution < 1.29 is 9.53 Å². The quantitative estimate of drug-likeness (QED) is 0.826. The lowest BCUT2D eigenvalue weighted by Gasteiger charge is -2.05. The van der Waals surface area contributed by atoms with Gasteiger partial charge >= 0.3 is 0 Å². The van der Waals surface area contributed by atoms with Gasteiger partial charge in [0.2, 0.25) is 5.91 Å². The molecule has 0 saturated heterocycles. The van der Waals surface area contributed by atoms with Gasteiger partial charge in [-0.15, -0.1) is 0 Å². The van der Waals surface area contributed by atoms with E-state index in [9.17, 15) is 4.79 Å². The number of carbonyl (C=O) groups is 1. The second-order valence-electron chi connectivity index (χ2n) is 3.37. The molecule has 1 N–H and O–H groups in total. The summed E-state index contributed by atoms with van der Waals surface area (Å²) in [4.78, 5) is 11.3. The number of carbonyl (C=O) groups excluding carboxylic acids is 1. The number of rotatable bonds is 6. The van der Waals surface area contributed by atoms with Crippen LogP contribution in [0.4, 0.5) is 0 Å². The number of methoxy groups -OCH3 is 1. The molecule has 0 aliphatic rings. The average molecular weight is 239 g/mol. The van der Waals surface area contributed by atoms with Crippen LogP contribution in [-0.4, -0.2) is 25.0 Å². The lowest BCUT2D eigenvalue weighted by atomic mass is 10.2. The molecular weight excluding hydrogens is 222 g/mol. The van der Waals surface area contributed by atoms with Crippen LogP contribution in [0.5, 0.6) is 5.75 Å². The molecule has 4 heteroatoms. The van der Waals surface area contributed by atoms with Gasteiger partial charge in [0, 0.05) is 18.7 Å². The molecule has 0 heterocycles. The van der Waals surface area contributed by atoms with Gasteiger partial charge in [-0.3, -0.25) is 4.79 Å². The molecule has 0 bridgehead atoms. The Hall–Kier alpha value is -1.16. The molecule has 0 unspecified atom stereocenters. The van der Waals surface area contributed by atoms with E-state index in [0.717, 1.165) is 17.1 Å². The Morgan fingerprint density at radius 2 is 2.06 bits per heavy atom. The number of ether oxygens (including phenoxy) is 1. The van der Waals surface area contributed by atoms with Crippen molar-refractivity contribution in [1.29, 1.82) is 0 Å². The molecule has 1 aromatic carbocycles. The van der Waals surface area contributed by atoms with Crippen LogP contribution in [0.2, 0.25) is 0 Å². The van der Waals surface area contributed by atoms with E-state index in [2.05, 4.69) is 5.32 Å². The second-order valence-corrected chi connectivity index (χ2v) is 4.35. The molecule has 0 spiro atoms. The van der Waals surface area contributed by atoms with Crippen molar-refractivity contribution in [3.05, 3.63) is 29.8 Å². The fourth-order valence-electron chi connectivity index (χ4n) is 1.23. The number of benzene rings is 1. The largest absolute Gasteiger partial charge is 0.497 e. The highest BCUT2D eigenvalue weighted by atomic mass is 32.2. The monoisotopic (exact) mass is 239 g/mol. The van der Waals surface area contributed by atoms with Crippen LogP contribution in [0.1, 0.15) is 12.0 Å². The van der Waals surface area contributed by atoms with Gasteiger partial charge in [0.25, 0.3) is 0 Å². The Bertz CT molecular complexity index is 324. The van der Waals surface area contributed by atoms with Gasteiger partial charge in [-0.2, -0.15) is 11.8 Å². The van der Waals surface area contributed by atoms with Gasteiger partial charge in [0.15, 0.2) is 0 Å². The van der Waals surface area contributed by atoms with Crippen molar-refractivity contribution in [2.45, 2.75) is 13.0 Å². The molecule has 0 saturated carbocycles. The summed E-state index contributed by atoms with van der Waals surface area (Å²) < 4.78 is 5.06. The highest BCUT2D eigenvalue weighted by Crippen LogP contribution is 2.10. The van der Waals surface area contributed by atoms with Crippen molar-refractivity contribution in [2.75, 3.05) is 19.1 Å². The SMILES string of the molecule is COc1ccc(CNC(=O)CCSC)cc1. The zero-order valence-electron chi connectivity index (χ0n) is 9.66. The van der Waals surface area contributed by atoms with Gasteiger partial charge in [0.1, 0.15) is 5.75 Å². The van der Waals surface area contributed by atoms with Crippen molar-refractivity contribution in [2.24, 2.45) is 0 Å². The van der Waals surface area contributed by atoms with Crippen LogP contribution in [-0.2, 0) is 11.3 Å². The summed E-state index contributed by atoms with van der Waals surface area (Å²) in [6, 6.07) is 7.69. The summed E-state index contributed by atoms with van der Waals surface area (Å²) in [5.74, 6) is 1.80. The van der Waals surface area contributed by atoms with Crippen LogP contribution < -0.4 is 10.1 Å². The minimum Gasteiger partial charge on any atom is -0.497 e. The molecule has 0 aromatic heterocycles. The first-order chi connectivity index (χ1) is 7.76. The predicted octanol–water partition coefficient (Wildman–Crippen LogP) is 2.06. The molecule has 88 valence electrons. The third-order valence-electron chi connectivity index (χ3n) is 2.18. The molecule has 1 rings (SSSR count). The molecule has 0 aliphatic carbocycles. The average Bonchev–Trinajstić information content (AvgIpc) is 2.34. The van der Waals surface area contributed by atoms with Gasteiger partial charge < -0.3 is 10.1 Å². The lowest BCUT2D eigenvalue weighted by molar-refractivity contribution is -0.120. The molecular formula is C12H17NO2S. The topological polar surface area (TPSA) is 38.3 Å². The lowest BCUT2D eigenvalue weighted by Crippen LogP contribution is -2.22. The van der Waals surface area contributed by atoms with Crippen molar-refractivity contribution in [1.82, 2.24) is 5.32 Å². The van der Waals surface area contributed by atoms with Crippen LogP contribution in [0, 0.1) is 0 Å². The van der Waals surface area contributed by atoms with E-state index in [1.807, 2.05) is 30.5 Å². The maximum absolute atomic E-state index is 11.3. The fraction of sp³-hybridized carbons (Fsp3) is 0.417. The van der Waals surface area contributed by atoms with E-state index in [0.29, 0.717) is 13.0 Å². The van der Waals surface area contributed by atoms with Gasteiger partial charge in [0.05, 0.1) is 7.11 Å². The Morgan fingerprint density at radius 1 is 1.38 bits per heavy atom. The minimum atomic E-state index is 0.102. The standard InChI is InChI=1S/C12H17NO2S/c1-15-11-5-3-10(4-6-11)9-13-12(14)7-8-16-2/h3-6H,7-9H2,1-2H3,(H,13,14). The molecule has 1 amide bonds. The van der Waals surface area contributed by atoms with E-state index >= 15 is 0 Å². The number of hydrogen-bond acceptors (Lipinski definition) is 3. The van der Waals surface area contributed by atoms with E-state index in [-0.39, 0.29) is 5.91 Å². The van der Waals surface area contributed by atoms with E-state index in [1.54, 1.807) is 18.9 Å². The minimum absolute atomic E-state index is 0.102. The molecule has 0 fully saturated rings. The van der Waals surface area contributed by atoms with Gasteiger partial charge in [-0.05, 0) is 24.0 Å². The van der Waals surface area contributed by atoms with E-state index in [1.165, 1.54) is 0 Å². The number of hydrogen-bond donors (Lipinski definition) is 1. The Balaban J connectivity index is 2.33. The number of thioether (sulfide) groups is 1. The fourth-order valence-corrected chi connectivity index (χ4v) is 1.62. The molecule has 16 heavy (non-hydrogen) atoms. The van der Waals surface area contributed by atoms with Crippen molar-refractivity contribution in [3.8, 4) is 5.75 Å². The summed E-state index contributed by atoms with van der Waals surface area (Å²) in [5, 5.41) is 2.88. The Kier molecular flexibility index (Phi) is 5.78. The van der Waals surface area contributed by atoms with E-state index < -0.39 is 0 Å². The van der Waals surface area contributed by atoms with Crippen molar-refractivity contribution in [3.63, 3.8) is 0 Å². The second kappa shape index (κ2) is 7.17. The van der Waals surface area contributed by atoms with Crippen LogP contribution in [0.15, 0.2) is 24.3 Å². The van der Waals surface area contributed by atoms with Crippen LogP contribution in [0.25, 0.3) is 0 Å². The van der Waals surface area contributed by atoms with Gasteiger partial charge in [-0.1, -0.05) is 12.1 Å². The summed E-state index contributed by atoms with van der Waals surface area (Å²) in [6.45, 7) is 0.581. The Labute approximate surface area is 101 Å². The molecule has 1 aromatic rings. The molecule has 0 atom stereocenters. The van der Waals surface area contributed by atoms with Crippen LogP contribution in [0.3, 0.4) is 0 Å². The third-order valence-corrected chi connectivity index (χ3v) is 2.79. The molecule has 0 aliphatic heterocycles. The molecule has 3 nitrogen and oxygen atoms in total. The van der Waals surface area contributed by atoms with Gasteiger partial charge in [-0.25, -0.2) is 0 Å². The first-order valence-corrected chi connectivity index (χ1v) is 6.54. The normalized spacial score (nSPS) is 9.88. The maximum Gasteiger partial charge on any atom is 0.221 e. The third kappa shape index (κ3) is 4.57. The molecule has 0 radical (unpaired) electrons. The number of amides is 1. The Morgan fingerprint density at radius 3 is 2.62 bits per heavy atom. The zero-order valence-corrected chi connectivity index (χ0v) is 10.5. The highest BCUT2D eigenvalue weighted by molar-refractivity contribution is 7.98. The number of nitrogens with one attached hydrogen (secondary N) is 1. The summed E-state index contributed by atoms with van der Waals surface area (Å²) >= 11 is 1.68. The highest BCUT2D eigenvalue weighted by Gasteiger charge is 2.00. The van der Waals surface area contributed by atoms with E-state index in [4.69, 9.17) is 4.74 Å². The summed E-state index contributed by atoms with van der Waals surface area (Å²) in [5.41, 5.74) is 1.08.